The minimum Gasteiger partial charge on any atom is -0.349 e. The zero-order valence-electron chi connectivity index (χ0n) is 9.73. The predicted molar refractivity (Wildman–Crippen MR) is 61.0 cm³/mol. The van der Waals surface area contributed by atoms with Crippen LogP contribution in [0.3, 0.4) is 0 Å². The number of amides is 1. The van der Waals surface area contributed by atoms with Gasteiger partial charge in [-0.15, -0.1) is 0 Å². The Morgan fingerprint density at radius 2 is 2.38 bits per heavy atom. The molecule has 5 heteroatoms. The van der Waals surface area contributed by atoms with Crippen LogP contribution in [0.1, 0.15) is 35.8 Å². The quantitative estimate of drug-likeness (QED) is 0.767. The third kappa shape index (κ3) is 2.09. The van der Waals surface area contributed by atoms with E-state index in [0.29, 0.717) is 5.56 Å². The first-order valence-corrected chi connectivity index (χ1v) is 5.69. The molecule has 0 aliphatic heterocycles. The van der Waals surface area contributed by atoms with Crippen LogP contribution in [-0.2, 0) is 13.5 Å². The molecule has 1 aliphatic carbocycles. The minimum absolute atomic E-state index is 0.0261. The molecule has 1 aromatic rings. The molecular weight excluding hydrogens is 204 g/mol. The van der Waals surface area contributed by atoms with E-state index in [1.165, 1.54) is 0 Å². The number of carbonyl (C=O) groups excluding carboxylic acids is 1. The Labute approximate surface area is 95.0 Å². The summed E-state index contributed by atoms with van der Waals surface area (Å²) in [4.78, 5) is 11.9. The second-order valence-electron chi connectivity index (χ2n) is 4.42. The normalized spacial score (nSPS) is 23.9. The number of carbonyl (C=O) groups is 1. The zero-order valence-corrected chi connectivity index (χ0v) is 9.73. The molecule has 0 unspecified atom stereocenters. The Morgan fingerprint density at radius 1 is 1.69 bits per heavy atom. The van der Waals surface area contributed by atoms with Gasteiger partial charge in [-0.05, 0) is 19.3 Å². The van der Waals surface area contributed by atoms with Gasteiger partial charge < -0.3 is 11.1 Å². The maximum Gasteiger partial charge on any atom is 0.254 e. The lowest BCUT2D eigenvalue weighted by Gasteiger charge is -2.32. The van der Waals surface area contributed by atoms with Crippen LogP contribution in [0.2, 0.25) is 0 Å². The van der Waals surface area contributed by atoms with Crippen molar-refractivity contribution in [2.75, 3.05) is 0 Å². The molecule has 0 atom stereocenters. The van der Waals surface area contributed by atoms with Crippen LogP contribution in [0.5, 0.6) is 0 Å². The fourth-order valence-electron chi connectivity index (χ4n) is 2.03. The number of hydrogen-bond donors (Lipinski definition) is 2. The third-order valence-corrected chi connectivity index (χ3v) is 2.99. The van der Waals surface area contributed by atoms with Gasteiger partial charge in [0.15, 0.2) is 0 Å². The first-order valence-electron chi connectivity index (χ1n) is 5.69. The smallest absolute Gasteiger partial charge is 0.254 e. The average molecular weight is 222 g/mol. The predicted octanol–water partition coefficient (Wildman–Crippen LogP) is 0.202. The highest BCUT2D eigenvalue weighted by molar-refractivity contribution is 5.95. The van der Waals surface area contributed by atoms with Crippen LogP contribution >= 0.6 is 0 Å². The van der Waals surface area contributed by atoms with Crippen molar-refractivity contribution in [1.82, 2.24) is 15.1 Å². The average Bonchev–Trinajstić information content (AvgIpc) is 2.57. The van der Waals surface area contributed by atoms with Crippen molar-refractivity contribution in [2.24, 2.45) is 12.8 Å². The van der Waals surface area contributed by atoms with E-state index in [1.54, 1.807) is 10.9 Å². The van der Waals surface area contributed by atoms with Crippen molar-refractivity contribution in [3.63, 3.8) is 0 Å². The van der Waals surface area contributed by atoms with Crippen LogP contribution in [0.4, 0.5) is 0 Å². The lowest BCUT2D eigenvalue weighted by molar-refractivity contribution is 0.0909. The molecule has 1 heterocycles. The maximum absolute atomic E-state index is 11.9. The molecule has 0 bridgehead atoms. The molecule has 1 aliphatic rings. The standard InChI is InChI=1S/C11H18N4O/c1-3-10-9(6-15(2)14-10)11(16)13-8-4-7(12)5-8/h6-8H,3-5,12H2,1-2H3,(H,13,16). The number of nitrogens with zero attached hydrogens (tertiary/aromatic N) is 2. The van der Waals surface area contributed by atoms with Crippen LogP contribution in [0, 0.1) is 0 Å². The van der Waals surface area contributed by atoms with Gasteiger partial charge in [-0.25, -0.2) is 0 Å². The fourth-order valence-corrected chi connectivity index (χ4v) is 2.03. The summed E-state index contributed by atoms with van der Waals surface area (Å²) < 4.78 is 1.68. The first-order chi connectivity index (χ1) is 7.60. The summed E-state index contributed by atoms with van der Waals surface area (Å²) in [5.74, 6) is -0.0261. The van der Waals surface area contributed by atoms with Gasteiger partial charge >= 0.3 is 0 Å². The molecule has 1 amide bonds. The van der Waals surface area contributed by atoms with Gasteiger partial charge in [0, 0.05) is 25.3 Å². The van der Waals surface area contributed by atoms with Crippen molar-refractivity contribution in [2.45, 2.75) is 38.3 Å². The molecule has 0 aromatic carbocycles. The summed E-state index contributed by atoms with van der Waals surface area (Å²) in [6.45, 7) is 2.00. The topological polar surface area (TPSA) is 72.9 Å². The summed E-state index contributed by atoms with van der Waals surface area (Å²) in [5.41, 5.74) is 7.21. The first kappa shape index (κ1) is 11.1. The van der Waals surface area contributed by atoms with Gasteiger partial charge in [0.05, 0.1) is 11.3 Å². The number of nitrogens with two attached hydrogens (primary N) is 1. The summed E-state index contributed by atoms with van der Waals surface area (Å²) in [6.07, 6.45) is 4.31. The second-order valence-corrected chi connectivity index (χ2v) is 4.42. The van der Waals surface area contributed by atoms with E-state index in [0.717, 1.165) is 25.0 Å². The van der Waals surface area contributed by atoms with Gasteiger partial charge in [-0.1, -0.05) is 6.92 Å². The molecule has 0 saturated heterocycles. The largest absolute Gasteiger partial charge is 0.349 e. The number of hydrogen-bond acceptors (Lipinski definition) is 3. The van der Waals surface area contributed by atoms with Gasteiger partial charge in [-0.3, -0.25) is 9.48 Å². The number of rotatable bonds is 3. The monoisotopic (exact) mass is 222 g/mol. The third-order valence-electron chi connectivity index (χ3n) is 2.99. The van der Waals surface area contributed by atoms with E-state index < -0.39 is 0 Å². The molecule has 88 valence electrons. The number of nitrogens with one attached hydrogen (secondary N) is 1. The SMILES string of the molecule is CCc1nn(C)cc1C(=O)NC1CC(N)C1. The van der Waals surface area contributed by atoms with Crippen LogP contribution < -0.4 is 11.1 Å². The maximum atomic E-state index is 11.9. The highest BCUT2D eigenvalue weighted by atomic mass is 16.1. The molecule has 2 rings (SSSR count). The Balaban J connectivity index is 2.02. The summed E-state index contributed by atoms with van der Waals surface area (Å²) in [6, 6.07) is 0.497. The van der Waals surface area contributed by atoms with Crippen molar-refractivity contribution in [1.29, 1.82) is 0 Å². The van der Waals surface area contributed by atoms with Gasteiger partial charge in [-0.2, -0.15) is 5.10 Å². The van der Waals surface area contributed by atoms with Crippen molar-refractivity contribution >= 4 is 5.91 Å². The highest BCUT2D eigenvalue weighted by Gasteiger charge is 2.28. The van der Waals surface area contributed by atoms with Crippen molar-refractivity contribution in [3.05, 3.63) is 17.5 Å². The Bertz CT molecular complexity index is 393. The molecule has 5 nitrogen and oxygen atoms in total. The van der Waals surface area contributed by atoms with E-state index in [-0.39, 0.29) is 18.0 Å². The minimum atomic E-state index is -0.0261. The van der Waals surface area contributed by atoms with Gasteiger partial charge in [0.2, 0.25) is 0 Å². The Hall–Kier alpha value is -1.36. The molecule has 1 aromatic heterocycles. The van der Waals surface area contributed by atoms with Crippen LogP contribution in [-0.4, -0.2) is 27.8 Å². The molecule has 0 radical (unpaired) electrons. The van der Waals surface area contributed by atoms with Crippen molar-refractivity contribution < 1.29 is 4.79 Å². The highest BCUT2D eigenvalue weighted by Crippen LogP contribution is 2.18. The summed E-state index contributed by atoms with van der Waals surface area (Å²) in [7, 11) is 1.83. The fraction of sp³-hybridized carbons (Fsp3) is 0.636. The van der Waals surface area contributed by atoms with E-state index >= 15 is 0 Å². The summed E-state index contributed by atoms with van der Waals surface area (Å²) >= 11 is 0. The molecule has 1 fully saturated rings. The Morgan fingerprint density at radius 3 is 2.94 bits per heavy atom. The zero-order chi connectivity index (χ0) is 11.7. The number of aromatic nitrogens is 2. The van der Waals surface area contributed by atoms with Crippen LogP contribution in [0.15, 0.2) is 6.20 Å². The van der Waals surface area contributed by atoms with E-state index in [9.17, 15) is 4.79 Å². The van der Waals surface area contributed by atoms with Crippen molar-refractivity contribution in [3.8, 4) is 0 Å². The van der Waals surface area contributed by atoms with Gasteiger partial charge in [0.1, 0.15) is 0 Å². The number of aryl methyl sites for hydroxylation is 2. The summed E-state index contributed by atoms with van der Waals surface area (Å²) in [5, 5.41) is 7.23. The Kier molecular flexibility index (Phi) is 2.96. The molecule has 3 N–H and O–H groups in total. The lowest BCUT2D eigenvalue weighted by Crippen LogP contribution is -2.50. The van der Waals surface area contributed by atoms with E-state index in [2.05, 4.69) is 10.4 Å². The van der Waals surface area contributed by atoms with E-state index in [1.807, 2.05) is 14.0 Å². The second kappa shape index (κ2) is 4.25. The lowest BCUT2D eigenvalue weighted by atomic mass is 9.87. The molecular formula is C11H18N4O. The molecule has 0 spiro atoms. The molecule has 1 saturated carbocycles. The molecule has 16 heavy (non-hydrogen) atoms. The van der Waals surface area contributed by atoms with E-state index in [4.69, 9.17) is 5.73 Å². The van der Waals surface area contributed by atoms with Gasteiger partial charge in [0.25, 0.3) is 5.91 Å². The van der Waals surface area contributed by atoms with Crippen LogP contribution in [0.25, 0.3) is 0 Å².